The first kappa shape index (κ1) is 25.3. The van der Waals surface area contributed by atoms with Crippen LogP contribution in [0, 0.1) is 0 Å². The van der Waals surface area contributed by atoms with Crippen LogP contribution in [0.15, 0.2) is 94.9 Å². The molecule has 38 heavy (non-hydrogen) atoms. The highest BCUT2D eigenvalue weighted by Crippen LogP contribution is 2.34. The Labute approximate surface area is 225 Å². The van der Waals surface area contributed by atoms with Crippen LogP contribution in [0.1, 0.15) is 11.1 Å². The number of anilines is 2. The van der Waals surface area contributed by atoms with Crippen molar-refractivity contribution >= 4 is 61.1 Å². The molecule has 0 saturated heterocycles. The van der Waals surface area contributed by atoms with Gasteiger partial charge < -0.3 is 15.0 Å². The minimum atomic E-state index is -3.98. The second-order valence-corrected chi connectivity index (χ2v) is 10.5. The van der Waals surface area contributed by atoms with Crippen molar-refractivity contribution in [3.05, 3.63) is 96.1 Å². The summed E-state index contributed by atoms with van der Waals surface area (Å²) in [6, 6.07) is 25.5. The molecule has 5 rings (SSSR count). The second-order valence-electron chi connectivity index (χ2n) is 8.52. The summed E-state index contributed by atoms with van der Waals surface area (Å²) < 4.78 is 29.1. The molecule has 192 valence electrons. The number of rotatable bonds is 6. The SMILES string of the molecule is COc1ccc2c(c1)C(=NNC(=S)Nc1ccccc1S(N)(=O)=O)C(=O)N2Cc1ccc2ccccc2c1. The molecule has 4 aromatic rings. The van der Waals surface area contributed by atoms with Gasteiger partial charge in [-0.2, -0.15) is 5.10 Å². The van der Waals surface area contributed by atoms with E-state index in [0.717, 1.165) is 16.3 Å². The van der Waals surface area contributed by atoms with Crippen LogP contribution in [0.2, 0.25) is 0 Å². The van der Waals surface area contributed by atoms with Crippen molar-refractivity contribution in [1.82, 2.24) is 5.43 Å². The number of hydrogen-bond acceptors (Lipinski definition) is 6. The number of carbonyl (C=O) groups excluding carboxylic acids is 1. The third-order valence-electron chi connectivity index (χ3n) is 6.06. The van der Waals surface area contributed by atoms with Gasteiger partial charge in [-0.05, 0) is 65.0 Å². The fourth-order valence-corrected chi connectivity index (χ4v) is 5.13. The average molecular weight is 546 g/mol. The predicted molar refractivity (Wildman–Crippen MR) is 152 cm³/mol. The smallest absolute Gasteiger partial charge is 0.279 e. The zero-order chi connectivity index (χ0) is 26.9. The van der Waals surface area contributed by atoms with Crippen molar-refractivity contribution in [3.8, 4) is 5.75 Å². The number of hydrazone groups is 1. The molecule has 0 aliphatic carbocycles. The van der Waals surface area contributed by atoms with Gasteiger partial charge in [0.2, 0.25) is 10.0 Å². The minimum absolute atomic E-state index is 0.0150. The van der Waals surface area contributed by atoms with Crippen molar-refractivity contribution in [3.63, 3.8) is 0 Å². The normalized spacial score (nSPS) is 14.0. The number of amides is 1. The first-order valence-electron chi connectivity index (χ1n) is 11.5. The number of nitrogens with one attached hydrogen (secondary N) is 2. The molecule has 9 nitrogen and oxygen atoms in total. The molecule has 4 N–H and O–H groups in total. The summed E-state index contributed by atoms with van der Waals surface area (Å²) in [5.74, 6) is 0.251. The molecule has 0 bridgehead atoms. The summed E-state index contributed by atoms with van der Waals surface area (Å²) in [6.45, 7) is 0.340. The lowest BCUT2D eigenvalue weighted by Gasteiger charge is -2.17. The molecule has 11 heteroatoms. The number of nitrogens with two attached hydrogens (primary N) is 1. The summed E-state index contributed by atoms with van der Waals surface area (Å²) in [4.78, 5) is 15.1. The first-order valence-corrected chi connectivity index (χ1v) is 13.4. The lowest BCUT2D eigenvalue weighted by molar-refractivity contribution is -0.112. The maximum Gasteiger partial charge on any atom is 0.279 e. The van der Waals surface area contributed by atoms with Gasteiger partial charge in [0, 0.05) is 5.56 Å². The second kappa shape index (κ2) is 10.2. The van der Waals surface area contributed by atoms with Gasteiger partial charge in [0.15, 0.2) is 10.8 Å². The third-order valence-corrected chi connectivity index (χ3v) is 7.23. The summed E-state index contributed by atoms with van der Waals surface area (Å²) in [7, 11) is -2.43. The standard InChI is InChI=1S/C27H23N5O4S2/c1-36-20-12-13-23-21(15-20)25(30-31-27(37)29-22-8-4-5-9-24(22)38(28,34)35)26(33)32(23)16-17-10-11-18-6-2-3-7-19(18)14-17/h2-15H,16H2,1H3,(H2,28,34,35)(H2,29,31,37). The number of para-hydroxylation sites is 1. The van der Waals surface area contributed by atoms with E-state index in [0.29, 0.717) is 23.5 Å². The van der Waals surface area contributed by atoms with Gasteiger partial charge in [-0.1, -0.05) is 48.5 Å². The van der Waals surface area contributed by atoms with Crippen LogP contribution < -0.4 is 25.5 Å². The zero-order valence-electron chi connectivity index (χ0n) is 20.2. The highest BCUT2D eigenvalue weighted by Gasteiger charge is 2.35. The van der Waals surface area contributed by atoms with E-state index in [2.05, 4.69) is 21.9 Å². The molecule has 1 heterocycles. The number of hydrogen-bond donors (Lipinski definition) is 3. The Hall–Kier alpha value is -4.32. The van der Waals surface area contributed by atoms with Crippen LogP contribution >= 0.6 is 12.2 Å². The molecule has 1 aliphatic heterocycles. The van der Waals surface area contributed by atoms with Gasteiger partial charge in [0.25, 0.3) is 5.91 Å². The summed E-state index contributed by atoms with van der Waals surface area (Å²) in [5.41, 5.74) is 5.21. The topological polar surface area (TPSA) is 126 Å². The molecule has 1 amide bonds. The van der Waals surface area contributed by atoms with E-state index in [9.17, 15) is 13.2 Å². The molecule has 0 atom stereocenters. The van der Waals surface area contributed by atoms with E-state index in [1.54, 1.807) is 36.3 Å². The number of sulfonamides is 1. The average Bonchev–Trinajstić information content (AvgIpc) is 3.16. The van der Waals surface area contributed by atoms with Crippen LogP contribution in [0.25, 0.3) is 10.8 Å². The Bertz CT molecular complexity index is 1720. The summed E-state index contributed by atoms with van der Waals surface area (Å²) in [6.07, 6.45) is 0. The Morgan fingerprint density at radius 1 is 1.00 bits per heavy atom. The van der Waals surface area contributed by atoms with Crippen molar-refractivity contribution < 1.29 is 17.9 Å². The Balaban J connectivity index is 1.42. The number of fused-ring (bicyclic) bond motifs is 2. The number of primary sulfonamides is 1. The van der Waals surface area contributed by atoms with Gasteiger partial charge in [0.05, 0.1) is 25.0 Å². The predicted octanol–water partition coefficient (Wildman–Crippen LogP) is 3.73. The van der Waals surface area contributed by atoms with E-state index in [1.165, 1.54) is 12.1 Å². The maximum absolute atomic E-state index is 13.5. The number of methoxy groups -OCH3 is 1. The van der Waals surface area contributed by atoms with Crippen molar-refractivity contribution in [2.45, 2.75) is 11.4 Å². The van der Waals surface area contributed by atoms with Gasteiger partial charge in [-0.3, -0.25) is 10.2 Å². The Morgan fingerprint density at radius 3 is 2.50 bits per heavy atom. The van der Waals surface area contributed by atoms with Crippen LogP contribution in [0.4, 0.5) is 11.4 Å². The zero-order valence-corrected chi connectivity index (χ0v) is 21.8. The molecule has 1 aliphatic rings. The van der Waals surface area contributed by atoms with Crippen LogP contribution in [0.3, 0.4) is 0 Å². The first-order chi connectivity index (χ1) is 18.2. The van der Waals surface area contributed by atoms with Crippen LogP contribution in [-0.2, 0) is 21.4 Å². The molecular weight excluding hydrogens is 522 g/mol. The van der Waals surface area contributed by atoms with Crippen molar-refractivity contribution in [2.24, 2.45) is 10.2 Å². The van der Waals surface area contributed by atoms with E-state index in [1.807, 2.05) is 42.5 Å². The molecule has 0 unspecified atom stereocenters. The highest BCUT2D eigenvalue weighted by molar-refractivity contribution is 7.89. The summed E-state index contributed by atoms with van der Waals surface area (Å²) in [5, 5.41) is 14.5. The van der Waals surface area contributed by atoms with E-state index in [-0.39, 0.29) is 27.3 Å². The van der Waals surface area contributed by atoms with Crippen LogP contribution in [-0.4, -0.2) is 32.3 Å². The number of nitrogens with zero attached hydrogens (tertiary/aromatic N) is 2. The van der Waals surface area contributed by atoms with E-state index < -0.39 is 10.0 Å². The molecule has 0 radical (unpaired) electrons. The fraction of sp³-hybridized carbons (Fsp3) is 0.0741. The minimum Gasteiger partial charge on any atom is -0.497 e. The van der Waals surface area contributed by atoms with E-state index >= 15 is 0 Å². The van der Waals surface area contributed by atoms with Crippen LogP contribution in [0.5, 0.6) is 5.75 Å². The molecule has 4 aromatic carbocycles. The van der Waals surface area contributed by atoms with Gasteiger partial charge >= 0.3 is 0 Å². The molecule has 0 spiro atoms. The van der Waals surface area contributed by atoms with Gasteiger partial charge in [-0.15, -0.1) is 0 Å². The quantitative estimate of drug-likeness (QED) is 0.249. The molecule has 0 aromatic heterocycles. The van der Waals surface area contributed by atoms with Gasteiger partial charge in [0.1, 0.15) is 10.6 Å². The number of benzene rings is 4. The highest BCUT2D eigenvalue weighted by atomic mass is 32.2. The molecule has 0 fully saturated rings. The number of ether oxygens (including phenoxy) is 1. The van der Waals surface area contributed by atoms with Gasteiger partial charge in [-0.25, -0.2) is 13.6 Å². The Morgan fingerprint density at radius 2 is 1.74 bits per heavy atom. The maximum atomic E-state index is 13.5. The van der Waals surface area contributed by atoms with Crippen molar-refractivity contribution in [2.75, 3.05) is 17.3 Å². The largest absolute Gasteiger partial charge is 0.497 e. The molecule has 0 saturated carbocycles. The summed E-state index contributed by atoms with van der Waals surface area (Å²) >= 11 is 5.30. The third kappa shape index (κ3) is 5.07. The lowest BCUT2D eigenvalue weighted by Crippen LogP contribution is -2.32. The Kier molecular flexibility index (Phi) is 6.81. The monoisotopic (exact) mass is 545 g/mol. The lowest BCUT2D eigenvalue weighted by atomic mass is 10.1. The van der Waals surface area contributed by atoms with Crippen molar-refractivity contribution in [1.29, 1.82) is 0 Å². The van der Waals surface area contributed by atoms with E-state index in [4.69, 9.17) is 22.1 Å². The fourth-order valence-electron chi connectivity index (χ4n) is 4.28. The molecular formula is C27H23N5O4S2. The number of thiocarbonyl (C=S) groups is 1. The number of carbonyl (C=O) groups is 1.